The highest BCUT2D eigenvalue weighted by atomic mass is 16.4. The van der Waals surface area contributed by atoms with Gasteiger partial charge in [-0.1, -0.05) is 12.8 Å². The number of nitrogens with zero attached hydrogens (tertiary/aromatic N) is 2. The van der Waals surface area contributed by atoms with E-state index in [0.717, 1.165) is 19.4 Å². The lowest BCUT2D eigenvalue weighted by atomic mass is 9.96. The number of likely N-dealkylation sites (N-methyl/N-ethyl adjacent to an activating group) is 1. The van der Waals surface area contributed by atoms with Crippen LogP contribution in [0.1, 0.15) is 36.0 Å². The Morgan fingerprint density at radius 1 is 1.47 bits per heavy atom. The van der Waals surface area contributed by atoms with E-state index < -0.39 is 5.97 Å². The second kappa shape index (κ2) is 5.57. The molecule has 1 aromatic heterocycles. The number of pyridine rings is 1. The highest BCUT2D eigenvalue weighted by Crippen LogP contribution is 2.34. The SMILES string of the molecule is CN(C)C1(CNc2cnccc2C(=O)O)CCCC1. The van der Waals surface area contributed by atoms with E-state index in [2.05, 4.69) is 29.3 Å². The summed E-state index contributed by atoms with van der Waals surface area (Å²) in [4.78, 5) is 17.4. The third kappa shape index (κ3) is 2.87. The summed E-state index contributed by atoms with van der Waals surface area (Å²) < 4.78 is 0. The number of aromatic carboxylic acids is 1. The Kier molecular flexibility index (Phi) is 4.04. The molecule has 0 spiro atoms. The van der Waals surface area contributed by atoms with Crippen molar-refractivity contribution in [2.24, 2.45) is 0 Å². The zero-order valence-corrected chi connectivity index (χ0v) is 11.5. The topological polar surface area (TPSA) is 65.5 Å². The van der Waals surface area contributed by atoms with Crippen LogP contribution in [0.25, 0.3) is 0 Å². The number of carboxylic acid groups (broad SMARTS) is 1. The molecule has 1 aliphatic carbocycles. The number of nitrogens with one attached hydrogen (secondary N) is 1. The van der Waals surface area contributed by atoms with Crippen molar-refractivity contribution in [3.63, 3.8) is 0 Å². The van der Waals surface area contributed by atoms with Crippen molar-refractivity contribution in [3.8, 4) is 0 Å². The van der Waals surface area contributed by atoms with Crippen molar-refractivity contribution in [3.05, 3.63) is 24.0 Å². The van der Waals surface area contributed by atoms with E-state index in [1.54, 1.807) is 6.20 Å². The van der Waals surface area contributed by atoms with Gasteiger partial charge in [-0.3, -0.25) is 4.98 Å². The van der Waals surface area contributed by atoms with Crippen molar-refractivity contribution in [1.82, 2.24) is 9.88 Å². The van der Waals surface area contributed by atoms with E-state index in [-0.39, 0.29) is 11.1 Å². The van der Waals surface area contributed by atoms with Crippen LogP contribution in [0.15, 0.2) is 18.5 Å². The summed E-state index contributed by atoms with van der Waals surface area (Å²) in [6, 6.07) is 1.53. The summed E-state index contributed by atoms with van der Waals surface area (Å²) in [5.74, 6) is -0.921. The van der Waals surface area contributed by atoms with Crippen LogP contribution < -0.4 is 5.32 Å². The highest BCUT2D eigenvalue weighted by molar-refractivity contribution is 5.93. The Bertz CT molecular complexity index is 454. The summed E-state index contributed by atoms with van der Waals surface area (Å²) in [6.45, 7) is 0.756. The van der Waals surface area contributed by atoms with E-state index in [1.165, 1.54) is 25.1 Å². The van der Waals surface area contributed by atoms with Gasteiger partial charge in [-0.05, 0) is 33.0 Å². The minimum atomic E-state index is -0.921. The molecule has 0 atom stereocenters. The third-order valence-electron chi connectivity index (χ3n) is 4.14. The molecule has 1 saturated carbocycles. The number of rotatable bonds is 5. The van der Waals surface area contributed by atoms with E-state index >= 15 is 0 Å². The molecule has 5 heteroatoms. The highest BCUT2D eigenvalue weighted by Gasteiger charge is 2.35. The third-order valence-corrected chi connectivity index (χ3v) is 4.14. The molecule has 19 heavy (non-hydrogen) atoms. The molecule has 1 aliphatic rings. The molecule has 1 heterocycles. The fourth-order valence-corrected chi connectivity index (χ4v) is 2.80. The normalized spacial score (nSPS) is 17.6. The van der Waals surface area contributed by atoms with Gasteiger partial charge in [0.1, 0.15) is 0 Å². The quantitative estimate of drug-likeness (QED) is 0.851. The summed E-state index contributed by atoms with van der Waals surface area (Å²) in [5.41, 5.74) is 1.01. The van der Waals surface area contributed by atoms with Gasteiger partial charge in [0.05, 0.1) is 17.4 Å². The largest absolute Gasteiger partial charge is 0.478 e. The first-order chi connectivity index (χ1) is 9.05. The van der Waals surface area contributed by atoms with E-state index in [9.17, 15) is 4.79 Å². The lowest BCUT2D eigenvalue weighted by Gasteiger charge is -2.36. The predicted octanol–water partition coefficient (Wildman–Crippen LogP) is 2.07. The van der Waals surface area contributed by atoms with Gasteiger partial charge in [0, 0.05) is 18.3 Å². The molecule has 5 nitrogen and oxygen atoms in total. The van der Waals surface area contributed by atoms with Gasteiger partial charge in [-0.15, -0.1) is 0 Å². The Balaban J connectivity index is 2.12. The molecule has 104 valence electrons. The Morgan fingerprint density at radius 2 is 2.16 bits per heavy atom. The van der Waals surface area contributed by atoms with Crippen molar-refractivity contribution in [1.29, 1.82) is 0 Å². The molecule has 0 amide bonds. The van der Waals surface area contributed by atoms with Crippen molar-refractivity contribution in [2.75, 3.05) is 26.0 Å². The fourth-order valence-electron chi connectivity index (χ4n) is 2.80. The monoisotopic (exact) mass is 263 g/mol. The predicted molar refractivity (Wildman–Crippen MR) is 74.6 cm³/mol. The standard InChI is InChI=1S/C14H21N3O2/c1-17(2)14(6-3-4-7-14)10-16-12-9-15-8-5-11(12)13(18)19/h5,8-9,16H,3-4,6-7,10H2,1-2H3,(H,18,19). The molecule has 0 radical (unpaired) electrons. The van der Waals surface area contributed by atoms with Crippen LogP contribution in [0.3, 0.4) is 0 Å². The molecule has 0 aromatic carbocycles. The number of anilines is 1. The second-order valence-electron chi connectivity index (χ2n) is 5.41. The lowest BCUT2D eigenvalue weighted by Crippen LogP contribution is -2.47. The average Bonchev–Trinajstić information content (AvgIpc) is 2.86. The molecule has 0 unspecified atom stereocenters. The minimum absolute atomic E-state index is 0.131. The maximum atomic E-state index is 11.2. The van der Waals surface area contributed by atoms with Crippen molar-refractivity contribution in [2.45, 2.75) is 31.2 Å². The molecule has 0 bridgehead atoms. The summed E-state index contributed by atoms with van der Waals surface area (Å²) in [6.07, 6.45) is 7.86. The van der Waals surface area contributed by atoms with E-state index in [1.807, 2.05) is 0 Å². The average molecular weight is 263 g/mol. The number of hydrogen-bond donors (Lipinski definition) is 2. The Labute approximate surface area is 113 Å². The second-order valence-corrected chi connectivity index (χ2v) is 5.41. The van der Waals surface area contributed by atoms with Crippen LogP contribution in [0.2, 0.25) is 0 Å². The van der Waals surface area contributed by atoms with Crippen LogP contribution in [-0.4, -0.2) is 47.1 Å². The molecular formula is C14H21N3O2. The van der Waals surface area contributed by atoms with Gasteiger partial charge in [0.25, 0.3) is 0 Å². The molecule has 0 saturated heterocycles. The molecule has 0 aliphatic heterocycles. The first kappa shape index (κ1) is 13.8. The Morgan fingerprint density at radius 3 is 2.74 bits per heavy atom. The van der Waals surface area contributed by atoms with E-state index in [4.69, 9.17) is 5.11 Å². The van der Waals surface area contributed by atoms with Gasteiger partial charge in [0.2, 0.25) is 0 Å². The zero-order valence-electron chi connectivity index (χ0n) is 11.5. The number of carboxylic acids is 1. The number of aromatic nitrogens is 1. The van der Waals surface area contributed by atoms with Crippen LogP contribution in [-0.2, 0) is 0 Å². The minimum Gasteiger partial charge on any atom is -0.478 e. The number of carbonyl (C=O) groups is 1. The molecule has 1 fully saturated rings. The summed E-state index contributed by atoms with van der Waals surface area (Å²) >= 11 is 0. The van der Waals surface area contributed by atoms with Gasteiger partial charge in [-0.2, -0.15) is 0 Å². The summed E-state index contributed by atoms with van der Waals surface area (Å²) in [7, 11) is 4.18. The zero-order chi connectivity index (χ0) is 13.9. The van der Waals surface area contributed by atoms with Crippen LogP contribution in [0.5, 0.6) is 0 Å². The first-order valence-electron chi connectivity index (χ1n) is 6.64. The molecule has 2 rings (SSSR count). The van der Waals surface area contributed by atoms with Gasteiger partial charge >= 0.3 is 5.97 Å². The molecular weight excluding hydrogens is 242 g/mol. The number of hydrogen-bond acceptors (Lipinski definition) is 4. The van der Waals surface area contributed by atoms with Crippen LogP contribution in [0, 0.1) is 0 Å². The maximum Gasteiger partial charge on any atom is 0.337 e. The molecule has 2 N–H and O–H groups in total. The van der Waals surface area contributed by atoms with Gasteiger partial charge in [0.15, 0.2) is 0 Å². The Hall–Kier alpha value is -1.62. The fraction of sp³-hybridized carbons (Fsp3) is 0.571. The summed E-state index contributed by atoms with van der Waals surface area (Å²) in [5, 5.41) is 12.4. The van der Waals surface area contributed by atoms with Crippen molar-refractivity contribution < 1.29 is 9.90 Å². The lowest BCUT2D eigenvalue weighted by molar-refractivity contribution is 0.0697. The van der Waals surface area contributed by atoms with Crippen molar-refractivity contribution >= 4 is 11.7 Å². The first-order valence-corrected chi connectivity index (χ1v) is 6.64. The smallest absolute Gasteiger partial charge is 0.337 e. The molecule has 1 aromatic rings. The maximum absolute atomic E-state index is 11.2. The van der Waals surface area contributed by atoms with Crippen LogP contribution >= 0.6 is 0 Å². The van der Waals surface area contributed by atoms with Crippen LogP contribution in [0.4, 0.5) is 5.69 Å². The van der Waals surface area contributed by atoms with Gasteiger partial charge in [-0.25, -0.2) is 4.79 Å². The van der Waals surface area contributed by atoms with Gasteiger partial charge < -0.3 is 15.3 Å². The van der Waals surface area contributed by atoms with E-state index in [0.29, 0.717) is 5.69 Å².